The molecule has 128 valence electrons. The molecule has 0 fully saturated rings. The fourth-order valence-electron chi connectivity index (χ4n) is 2.94. The van der Waals surface area contributed by atoms with Crippen molar-refractivity contribution < 1.29 is 4.79 Å². The minimum Gasteiger partial charge on any atom is -0.295 e. The van der Waals surface area contributed by atoms with Crippen LogP contribution in [-0.4, -0.2) is 5.78 Å². The molecule has 0 aliphatic heterocycles. The SMILES string of the molecule is CC(C)=CCCC(C)=CCCC(C)=CCC1CC=CC(=O)C1C. The van der Waals surface area contributed by atoms with Crippen molar-refractivity contribution in [3.63, 3.8) is 0 Å². The molecule has 23 heavy (non-hydrogen) atoms. The quantitative estimate of drug-likeness (QED) is 0.463. The van der Waals surface area contributed by atoms with Crippen LogP contribution in [0.15, 0.2) is 47.1 Å². The molecule has 2 unspecified atom stereocenters. The number of carbonyl (C=O) groups is 1. The van der Waals surface area contributed by atoms with Crippen LogP contribution in [-0.2, 0) is 4.79 Å². The topological polar surface area (TPSA) is 17.1 Å². The third-order valence-electron chi connectivity index (χ3n) is 4.77. The Morgan fingerprint density at radius 3 is 2.30 bits per heavy atom. The number of allylic oxidation sites excluding steroid dienone is 8. The van der Waals surface area contributed by atoms with Gasteiger partial charge in [-0.3, -0.25) is 4.79 Å². The lowest BCUT2D eigenvalue weighted by molar-refractivity contribution is -0.119. The minimum atomic E-state index is 0.182. The Labute approximate surface area is 143 Å². The average Bonchev–Trinajstić information content (AvgIpc) is 2.48. The molecule has 0 aromatic heterocycles. The number of hydrogen-bond acceptors (Lipinski definition) is 1. The van der Waals surface area contributed by atoms with Gasteiger partial charge in [0.1, 0.15) is 0 Å². The molecule has 0 heterocycles. The van der Waals surface area contributed by atoms with E-state index in [2.05, 4.69) is 52.8 Å². The first-order valence-corrected chi connectivity index (χ1v) is 9.05. The zero-order valence-electron chi connectivity index (χ0n) is 15.7. The molecule has 0 aromatic rings. The second kappa shape index (κ2) is 10.4. The molecule has 0 amide bonds. The predicted molar refractivity (Wildman–Crippen MR) is 101 cm³/mol. The van der Waals surface area contributed by atoms with Crippen LogP contribution in [0.4, 0.5) is 0 Å². The lowest BCUT2D eigenvalue weighted by Gasteiger charge is -2.22. The van der Waals surface area contributed by atoms with E-state index in [9.17, 15) is 4.79 Å². The highest BCUT2D eigenvalue weighted by atomic mass is 16.1. The highest BCUT2D eigenvalue weighted by Crippen LogP contribution is 2.26. The summed E-state index contributed by atoms with van der Waals surface area (Å²) < 4.78 is 0. The van der Waals surface area contributed by atoms with Crippen LogP contribution in [0.25, 0.3) is 0 Å². The van der Waals surface area contributed by atoms with E-state index in [0.29, 0.717) is 11.7 Å². The molecule has 0 bridgehead atoms. The van der Waals surface area contributed by atoms with Gasteiger partial charge < -0.3 is 0 Å². The molecule has 1 nitrogen and oxygen atoms in total. The third-order valence-corrected chi connectivity index (χ3v) is 4.77. The van der Waals surface area contributed by atoms with Crippen molar-refractivity contribution in [1.82, 2.24) is 0 Å². The van der Waals surface area contributed by atoms with E-state index in [-0.39, 0.29) is 5.92 Å². The van der Waals surface area contributed by atoms with Gasteiger partial charge in [0.2, 0.25) is 0 Å². The Morgan fingerprint density at radius 1 is 1.04 bits per heavy atom. The van der Waals surface area contributed by atoms with Crippen LogP contribution in [0, 0.1) is 11.8 Å². The van der Waals surface area contributed by atoms with Crippen molar-refractivity contribution in [2.75, 3.05) is 0 Å². The highest BCUT2D eigenvalue weighted by molar-refractivity contribution is 5.92. The van der Waals surface area contributed by atoms with Crippen LogP contribution < -0.4 is 0 Å². The molecule has 0 saturated heterocycles. The lowest BCUT2D eigenvalue weighted by Crippen LogP contribution is -2.22. The maximum Gasteiger partial charge on any atom is 0.158 e. The van der Waals surface area contributed by atoms with E-state index in [0.717, 1.165) is 32.1 Å². The molecule has 0 saturated carbocycles. The van der Waals surface area contributed by atoms with Crippen molar-refractivity contribution in [2.24, 2.45) is 11.8 Å². The molecule has 0 spiro atoms. The summed E-state index contributed by atoms with van der Waals surface area (Å²) in [4.78, 5) is 11.7. The molecule has 0 radical (unpaired) electrons. The second-order valence-corrected chi connectivity index (χ2v) is 7.28. The number of ketones is 1. The molecule has 0 aromatic carbocycles. The summed E-state index contributed by atoms with van der Waals surface area (Å²) in [5.74, 6) is 0.965. The first-order chi connectivity index (χ1) is 10.9. The van der Waals surface area contributed by atoms with Crippen molar-refractivity contribution >= 4 is 5.78 Å². The van der Waals surface area contributed by atoms with Crippen molar-refractivity contribution in [3.8, 4) is 0 Å². The number of rotatable bonds is 8. The molecular weight excluding hydrogens is 280 g/mol. The average molecular weight is 315 g/mol. The fraction of sp³-hybridized carbons (Fsp3) is 0.591. The fourth-order valence-corrected chi connectivity index (χ4v) is 2.94. The van der Waals surface area contributed by atoms with E-state index in [1.165, 1.54) is 23.1 Å². The van der Waals surface area contributed by atoms with Crippen LogP contribution in [0.3, 0.4) is 0 Å². The largest absolute Gasteiger partial charge is 0.295 e. The van der Waals surface area contributed by atoms with Gasteiger partial charge in [-0.25, -0.2) is 0 Å². The maximum atomic E-state index is 11.7. The zero-order valence-corrected chi connectivity index (χ0v) is 15.7. The molecule has 2 atom stereocenters. The molecule has 1 rings (SSSR count). The van der Waals surface area contributed by atoms with E-state index >= 15 is 0 Å². The van der Waals surface area contributed by atoms with Crippen LogP contribution >= 0.6 is 0 Å². The van der Waals surface area contributed by atoms with E-state index in [4.69, 9.17) is 0 Å². The Bertz CT molecular complexity index is 498. The normalized spacial score (nSPS) is 22.4. The monoisotopic (exact) mass is 314 g/mol. The molecule has 1 heteroatoms. The van der Waals surface area contributed by atoms with Gasteiger partial charge in [-0.2, -0.15) is 0 Å². The summed E-state index contributed by atoms with van der Waals surface area (Å²) in [5, 5.41) is 0. The van der Waals surface area contributed by atoms with Crippen molar-refractivity contribution in [3.05, 3.63) is 47.1 Å². The van der Waals surface area contributed by atoms with Crippen LogP contribution in [0.5, 0.6) is 0 Å². The smallest absolute Gasteiger partial charge is 0.158 e. The lowest BCUT2D eigenvalue weighted by atomic mass is 9.81. The summed E-state index contributed by atoms with van der Waals surface area (Å²) in [6.45, 7) is 10.8. The Kier molecular flexibility index (Phi) is 8.91. The maximum absolute atomic E-state index is 11.7. The van der Waals surface area contributed by atoms with Gasteiger partial charge in [0.25, 0.3) is 0 Å². The second-order valence-electron chi connectivity index (χ2n) is 7.28. The predicted octanol–water partition coefficient (Wildman–Crippen LogP) is 6.58. The highest BCUT2D eigenvalue weighted by Gasteiger charge is 2.23. The van der Waals surface area contributed by atoms with Gasteiger partial charge >= 0.3 is 0 Å². The van der Waals surface area contributed by atoms with E-state index < -0.39 is 0 Å². The molecule has 1 aliphatic rings. The third kappa shape index (κ3) is 8.16. The summed E-state index contributed by atoms with van der Waals surface area (Å²) in [5.41, 5.74) is 4.35. The van der Waals surface area contributed by atoms with Crippen molar-refractivity contribution in [2.45, 2.75) is 73.1 Å². The Hall–Kier alpha value is -1.37. The first kappa shape index (κ1) is 19.7. The van der Waals surface area contributed by atoms with Gasteiger partial charge in [-0.05, 0) is 78.2 Å². The Morgan fingerprint density at radius 2 is 1.65 bits per heavy atom. The van der Waals surface area contributed by atoms with Gasteiger partial charge in [0.15, 0.2) is 5.78 Å². The van der Waals surface area contributed by atoms with Gasteiger partial charge in [-0.15, -0.1) is 0 Å². The van der Waals surface area contributed by atoms with Gasteiger partial charge in [0, 0.05) is 5.92 Å². The molecular formula is C22H34O. The molecule has 0 N–H and O–H groups in total. The summed E-state index contributed by atoms with van der Waals surface area (Å²) in [7, 11) is 0. The molecule has 1 aliphatic carbocycles. The van der Waals surface area contributed by atoms with E-state index in [1.807, 2.05) is 6.08 Å². The first-order valence-electron chi connectivity index (χ1n) is 9.05. The van der Waals surface area contributed by atoms with Crippen molar-refractivity contribution in [1.29, 1.82) is 0 Å². The summed E-state index contributed by atoms with van der Waals surface area (Å²) >= 11 is 0. The van der Waals surface area contributed by atoms with E-state index in [1.54, 1.807) is 6.08 Å². The standard InChI is InChI=1S/C22H34O/c1-17(2)9-6-10-18(3)11-7-12-19(4)15-16-21-13-8-14-22(23)20(21)5/h8-9,11,14-15,20-21H,6-7,10,12-13,16H2,1-5H3. The summed E-state index contributed by atoms with van der Waals surface area (Å²) in [6, 6.07) is 0. The van der Waals surface area contributed by atoms with Gasteiger partial charge in [-0.1, -0.05) is 47.9 Å². The van der Waals surface area contributed by atoms with Crippen LogP contribution in [0.2, 0.25) is 0 Å². The Balaban J connectivity index is 2.32. The summed E-state index contributed by atoms with van der Waals surface area (Å²) in [6.07, 6.45) is 17.5. The minimum absolute atomic E-state index is 0.182. The number of carbonyl (C=O) groups excluding carboxylic acids is 1. The van der Waals surface area contributed by atoms with Gasteiger partial charge in [0.05, 0.1) is 0 Å². The zero-order chi connectivity index (χ0) is 17.2. The number of hydrogen-bond donors (Lipinski definition) is 0. The van der Waals surface area contributed by atoms with Crippen LogP contribution in [0.1, 0.15) is 73.1 Å².